The van der Waals surface area contributed by atoms with Crippen molar-refractivity contribution in [1.82, 2.24) is 4.98 Å². The zero-order chi connectivity index (χ0) is 18.3. The fourth-order valence-electron chi connectivity index (χ4n) is 3.44. The van der Waals surface area contributed by atoms with Crippen LogP contribution in [0.2, 0.25) is 0 Å². The van der Waals surface area contributed by atoms with Crippen molar-refractivity contribution in [3.05, 3.63) is 72.4 Å². The monoisotopic (exact) mass is 341 g/mol. The van der Waals surface area contributed by atoms with Gasteiger partial charge in [0.1, 0.15) is 0 Å². The van der Waals surface area contributed by atoms with Crippen LogP contribution in [0.25, 0.3) is 27.6 Å². The Morgan fingerprint density at radius 3 is 2.35 bits per heavy atom. The average molecular weight is 341 g/mol. The van der Waals surface area contributed by atoms with Gasteiger partial charge in [-0.3, -0.25) is 14.6 Å². The Kier molecular flexibility index (Phi) is 3.80. The molecule has 0 atom stereocenters. The van der Waals surface area contributed by atoms with Crippen LogP contribution in [0.4, 0.5) is 0 Å². The molecule has 26 heavy (non-hydrogen) atoms. The molecule has 0 N–H and O–H groups in total. The molecule has 3 heteroatoms. The molecule has 1 aromatic heterocycles. The minimum absolute atomic E-state index is 0.00686. The van der Waals surface area contributed by atoms with Crippen molar-refractivity contribution < 1.29 is 9.59 Å². The number of nitrogens with zero attached hydrogens (tertiary/aromatic N) is 1. The second kappa shape index (κ2) is 6.03. The molecule has 0 bridgehead atoms. The van der Waals surface area contributed by atoms with Crippen LogP contribution >= 0.6 is 0 Å². The van der Waals surface area contributed by atoms with Crippen molar-refractivity contribution in [3.8, 4) is 11.1 Å². The highest BCUT2D eigenvalue weighted by Crippen LogP contribution is 2.35. The summed E-state index contributed by atoms with van der Waals surface area (Å²) in [5, 5.41) is 1.09. The summed E-state index contributed by atoms with van der Waals surface area (Å²) < 4.78 is 0. The Balaban J connectivity index is 1.70. The van der Waals surface area contributed by atoms with Gasteiger partial charge in [0, 0.05) is 34.6 Å². The molecular weight excluding hydrogens is 322 g/mol. The number of allylic oxidation sites excluding steroid dienone is 2. The van der Waals surface area contributed by atoms with Gasteiger partial charge in [0.05, 0.1) is 5.52 Å². The Bertz CT molecular complexity index is 1060. The molecular formula is C23H19NO2. The van der Waals surface area contributed by atoms with Gasteiger partial charge in [0.15, 0.2) is 11.6 Å². The number of Topliss-reactive ketones (excluding diaryl/α,β-unsaturated/α-hetero) is 1. The van der Waals surface area contributed by atoms with Crippen LogP contribution in [0, 0.1) is 5.41 Å². The molecule has 0 radical (unpaired) electrons. The van der Waals surface area contributed by atoms with E-state index in [4.69, 9.17) is 0 Å². The Morgan fingerprint density at radius 1 is 0.885 bits per heavy atom. The summed E-state index contributed by atoms with van der Waals surface area (Å²) in [7, 11) is 0. The third-order valence-corrected chi connectivity index (χ3v) is 4.90. The SMILES string of the molecule is CC1(C)CC(=O)C=C(c2ccc(-c3cnc4ccccc4c3)cc2)C1=O. The van der Waals surface area contributed by atoms with Gasteiger partial charge in [-0.1, -0.05) is 56.3 Å². The summed E-state index contributed by atoms with van der Waals surface area (Å²) in [6.07, 6.45) is 3.62. The Labute approximate surface area is 152 Å². The number of carbonyl (C=O) groups excluding carboxylic acids is 2. The first-order chi connectivity index (χ1) is 12.4. The molecule has 2 aromatic carbocycles. The molecule has 0 saturated carbocycles. The maximum Gasteiger partial charge on any atom is 0.169 e. The van der Waals surface area contributed by atoms with E-state index in [0.29, 0.717) is 5.57 Å². The van der Waals surface area contributed by atoms with Crippen molar-refractivity contribution in [2.45, 2.75) is 20.3 Å². The van der Waals surface area contributed by atoms with Gasteiger partial charge in [0.2, 0.25) is 0 Å². The predicted octanol–water partition coefficient (Wildman–Crippen LogP) is 4.85. The van der Waals surface area contributed by atoms with Crippen molar-refractivity contribution >= 4 is 28.0 Å². The van der Waals surface area contributed by atoms with Crippen LogP contribution < -0.4 is 0 Å². The number of pyridine rings is 1. The van der Waals surface area contributed by atoms with E-state index in [1.165, 1.54) is 6.08 Å². The molecule has 0 spiro atoms. The largest absolute Gasteiger partial charge is 0.295 e. The first-order valence-electron chi connectivity index (χ1n) is 8.69. The minimum atomic E-state index is -0.637. The quantitative estimate of drug-likeness (QED) is 0.669. The van der Waals surface area contributed by atoms with E-state index in [2.05, 4.69) is 11.1 Å². The van der Waals surface area contributed by atoms with Crippen LogP contribution in [0.15, 0.2) is 66.9 Å². The highest BCUT2D eigenvalue weighted by molar-refractivity contribution is 6.30. The fourth-order valence-corrected chi connectivity index (χ4v) is 3.44. The lowest BCUT2D eigenvalue weighted by Crippen LogP contribution is -2.31. The summed E-state index contributed by atoms with van der Waals surface area (Å²) in [4.78, 5) is 29.1. The number of ketones is 2. The van der Waals surface area contributed by atoms with Crippen LogP contribution in [-0.4, -0.2) is 16.6 Å². The number of hydrogen-bond donors (Lipinski definition) is 0. The summed E-state index contributed by atoms with van der Waals surface area (Å²) in [6.45, 7) is 3.66. The zero-order valence-corrected chi connectivity index (χ0v) is 14.8. The number of hydrogen-bond acceptors (Lipinski definition) is 3. The van der Waals surface area contributed by atoms with Gasteiger partial charge in [-0.2, -0.15) is 0 Å². The molecule has 0 unspecified atom stereocenters. The predicted molar refractivity (Wildman–Crippen MR) is 104 cm³/mol. The summed E-state index contributed by atoms with van der Waals surface area (Å²) >= 11 is 0. The zero-order valence-electron chi connectivity index (χ0n) is 14.8. The lowest BCUT2D eigenvalue weighted by Gasteiger charge is -2.27. The molecule has 0 saturated heterocycles. The molecule has 1 heterocycles. The van der Waals surface area contributed by atoms with Crippen LogP contribution in [0.1, 0.15) is 25.8 Å². The second-order valence-corrected chi connectivity index (χ2v) is 7.41. The summed E-state index contributed by atoms with van der Waals surface area (Å²) in [6, 6.07) is 17.9. The lowest BCUT2D eigenvalue weighted by molar-refractivity contribution is -0.127. The van der Waals surface area contributed by atoms with E-state index in [9.17, 15) is 9.59 Å². The van der Waals surface area contributed by atoms with Gasteiger partial charge < -0.3 is 0 Å². The van der Waals surface area contributed by atoms with E-state index in [-0.39, 0.29) is 18.0 Å². The van der Waals surface area contributed by atoms with E-state index in [0.717, 1.165) is 27.6 Å². The molecule has 1 aliphatic carbocycles. The highest BCUT2D eigenvalue weighted by atomic mass is 16.1. The summed E-state index contributed by atoms with van der Waals surface area (Å²) in [5.41, 5.74) is 3.67. The Hall–Kier alpha value is -3.07. The molecule has 1 aliphatic rings. The van der Waals surface area contributed by atoms with Crippen molar-refractivity contribution in [2.75, 3.05) is 0 Å². The molecule has 0 amide bonds. The normalized spacial score (nSPS) is 16.6. The first-order valence-corrected chi connectivity index (χ1v) is 8.69. The van der Waals surface area contributed by atoms with Crippen molar-refractivity contribution in [2.24, 2.45) is 5.41 Å². The van der Waals surface area contributed by atoms with Gasteiger partial charge in [-0.15, -0.1) is 0 Å². The van der Waals surface area contributed by atoms with E-state index in [1.807, 2.05) is 68.6 Å². The maximum atomic E-state index is 12.7. The van der Waals surface area contributed by atoms with Crippen LogP contribution in [0.3, 0.4) is 0 Å². The van der Waals surface area contributed by atoms with E-state index < -0.39 is 5.41 Å². The number of carbonyl (C=O) groups is 2. The fraction of sp³-hybridized carbons (Fsp3) is 0.174. The van der Waals surface area contributed by atoms with Gasteiger partial charge in [-0.05, 0) is 29.3 Å². The number of rotatable bonds is 2. The summed E-state index contributed by atoms with van der Waals surface area (Å²) in [5.74, 6) is 0.0321. The molecule has 3 nitrogen and oxygen atoms in total. The number of aromatic nitrogens is 1. The smallest absolute Gasteiger partial charge is 0.169 e. The van der Waals surface area contributed by atoms with E-state index in [1.54, 1.807) is 0 Å². The van der Waals surface area contributed by atoms with Gasteiger partial charge in [0.25, 0.3) is 0 Å². The van der Waals surface area contributed by atoms with Gasteiger partial charge in [-0.25, -0.2) is 0 Å². The van der Waals surface area contributed by atoms with Crippen LogP contribution in [0.5, 0.6) is 0 Å². The second-order valence-electron chi connectivity index (χ2n) is 7.41. The number of para-hydroxylation sites is 1. The number of benzene rings is 2. The van der Waals surface area contributed by atoms with Crippen molar-refractivity contribution in [3.63, 3.8) is 0 Å². The van der Waals surface area contributed by atoms with Gasteiger partial charge >= 0.3 is 0 Å². The van der Waals surface area contributed by atoms with E-state index >= 15 is 0 Å². The standard InChI is InChI=1S/C23H19NO2/c1-23(2)13-19(25)12-20(22(23)26)16-9-7-15(8-10-16)18-11-17-5-3-4-6-21(17)24-14-18/h3-12,14H,13H2,1-2H3. The molecule has 0 fully saturated rings. The molecule has 4 rings (SSSR count). The lowest BCUT2D eigenvalue weighted by atomic mass is 9.74. The molecule has 128 valence electrons. The topological polar surface area (TPSA) is 47.0 Å². The van der Waals surface area contributed by atoms with Crippen LogP contribution in [-0.2, 0) is 9.59 Å². The minimum Gasteiger partial charge on any atom is -0.295 e. The number of fused-ring (bicyclic) bond motifs is 1. The first kappa shape index (κ1) is 16.4. The molecule has 3 aromatic rings. The maximum absolute atomic E-state index is 12.7. The molecule has 0 aliphatic heterocycles. The average Bonchev–Trinajstić information content (AvgIpc) is 2.64. The third kappa shape index (κ3) is 2.86. The van der Waals surface area contributed by atoms with Crippen molar-refractivity contribution in [1.29, 1.82) is 0 Å². The highest BCUT2D eigenvalue weighted by Gasteiger charge is 2.36. The Morgan fingerprint density at radius 2 is 1.58 bits per heavy atom. The third-order valence-electron chi connectivity index (χ3n) is 4.90.